The number of aliphatic hydroxyl groups excluding tert-OH is 1. The first kappa shape index (κ1) is 17.7. The number of carbonyl (C=O) groups excluding carboxylic acids is 1. The van der Waals surface area contributed by atoms with Crippen molar-refractivity contribution in [3.05, 3.63) is 53.0 Å². The minimum atomic E-state index is -0.504. The minimum Gasteiger partial charge on any atom is -0.469 e. The Kier molecular flexibility index (Phi) is 4.71. The van der Waals surface area contributed by atoms with Crippen molar-refractivity contribution in [2.45, 2.75) is 51.7 Å². The molecule has 0 fully saturated rings. The van der Waals surface area contributed by atoms with Crippen LogP contribution in [0.5, 0.6) is 0 Å². The van der Waals surface area contributed by atoms with E-state index in [4.69, 9.17) is 4.42 Å². The number of hydrogen-bond acceptors (Lipinski definition) is 4. The lowest BCUT2D eigenvalue weighted by Gasteiger charge is -2.27. The minimum absolute atomic E-state index is 0.115. The number of benzene rings is 1. The van der Waals surface area contributed by atoms with Gasteiger partial charge < -0.3 is 20.2 Å². The van der Waals surface area contributed by atoms with Crippen molar-refractivity contribution in [3.63, 3.8) is 0 Å². The molecule has 5 nitrogen and oxygen atoms in total. The fourth-order valence-electron chi connectivity index (χ4n) is 3.63. The molecule has 1 amide bonds. The number of likely N-dealkylation sites (N-methyl/N-ethyl adjacent to an activating group) is 1. The Bertz CT molecular complexity index is 765. The number of fused-ring (bicyclic) bond motifs is 1. The second-order valence-electron chi connectivity index (χ2n) is 7.26. The number of furan rings is 1. The molecule has 0 spiro atoms. The predicted molar refractivity (Wildman–Crippen MR) is 97.7 cm³/mol. The van der Waals surface area contributed by atoms with Crippen molar-refractivity contribution in [2.24, 2.45) is 0 Å². The summed E-state index contributed by atoms with van der Waals surface area (Å²) < 4.78 is 5.23. The summed E-state index contributed by atoms with van der Waals surface area (Å²) in [7, 11) is 0. The van der Waals surface area contributed by atoms with Gasteiger partial charge in [0.15, 0.2) is 0 Å². The quantitative estimate of drug-likeness (QED) is 0.781. The molecule has 0 radical (unpaired) electrons. The molecule has 134 valence electrons. The summed E-state index contributed by atoms with van der Waals surface area (Å²) in [5.41, 5.74) is 3.63. The largest absolute Gasteiger partial charge is 0.469 e. The lowest BCUT2D eigenvalue weighted by atomic mass is 9.83. The highest BCUT2D eigenvalue weighted by Gasteiger charge is 2.45. The number of aryl methyl sites for hydroxylation is 1. The van der Waals surface area contributed by atoms with E-state index in [2.05, 4.69) is 30.5 Å². The van der Waals surface area contributed by atoms with Gasteiger partial charge in [-0.3, -0.25) is 4.79 Å². The van der Waals surface area contributed by atoms with E-state index in [0.717, 1.165) is 28.9 Å². The number of aliphatic hydroxyl groups is 1. The molecule has 1 aliphatic carbocycles. The van der Waals surface area contributed by atoms with Crippen LogP contribution in [0.4, 0.5) is 5.69 Å². The van der Waals surface area contributed by atoms with Crippen LogP contribution in [0, 0.1) is 6.92 Å². The van der Waals surface area contributed by atoms with E-state index in [1.807, 2.05) is 19.9 Å². The predicted octanol–water partition coefficient (Wildman–Crippen LogP) is 3.07. The lowest BCUT2D eigenvalue weighted by Crippen LogP contribution is -2.37. The maximum absolute atomic E-state index is 12.3. The summed E-state index contributed by atoms with van der Waals surface area (Å²) in [6, 6.07) is 7.51. The molecule has 2 atom stereocenters. The monoisotopic (exact) mass is 342 g/mol. The summed E-state index contributed by atoms with van der Waals surface area (Å²) in [6.07, 6.45) is 1.26. The average Bonchev–Trinajstić information content (AvgIpc) is 3.11. The van der Waals surface area contributed by atoms with Crippen molar-refractivity contribution in [2.75, 3.05) is 11.9 Å². The number of nitrogens with one attached hydrogen (secondary N) is 2. The zero-order valence-corrected chi connectivity index (χ0v) is 15.2. The molecule has 0 saturated heterocycles. The van der Waals surface area contributed by atoms with Crippen LogP contribution < -0.4 is 10.6 Å². The standard InChI is InChI=1S/C20H26N2O3/c1-5-21-18-14-11-16(22-17(23)10-13-7-6-8-25-13)12(2)9-15(14)20(3,4)19(18)24/h6-9,11,18-19,21,24H,5,10H2,1-4H3,(H,22,23). The van der Waals surface area contributed by atoms with Gasteiger partial charge in [-0.15, -0.1) is 0 Å². The van der Waals surface area contributed by atoms with Crippen LogP contribution in [-0.2, 0) is 16.6 Å². The van der Waals surface area contributed by atoms with Crippen LogP contribution in [0.15, 0.2) is 34.9 Å². The molecule has 0 bridgehead atoms. The highest BCUT2D eigenvalue weighted by molar-refractivity contribution is 5.93. The van der Waals surface area contributed by atoms with Gasteiger partial charge in [-0.1, -0.05) is 26.8 Å². The van der Waals surface area contributed by atoms with Crippen LogP contribution in [0.1, 0.15) is 49.3 Å². The Morgan fingerprint density at radius 2 is 2.12 bits per heavy atom. The molecule has 1 aromatic heterocycles. The van der Waals surface area contributed by atoms with Gasteiger partial charge in [0.05, 0.1) is 24.8 Å². The molecule has 5 heteroatoms. The molecule has 0 saturated carbocycles. The first-order valence-corrected chi connectivity index (χ1v) is 8.73. The summed E-state index contributed by atoms with van der Waals surface area (Å²) in [5.74, 6) is 0.522. The molecule has 3 rings (SSSR count). The fourth-order valence-corrected chi connectivity index (χ4v) is 3.63. The van der Waals surface area contributed by atoms with Crippen LogP contribution in [0.2, 0.25) is 0 Å². The van der Waals surface area contributed by atoms with Crippen LogP contribution in [0.3, 0.4) is 0 Å². The van der Waals surface area contributed by atoms with E-state index in [0.29, 0.717) is 5.76 Å². The van der Waals surface area contributed by atoms with Crippen molar-refractivity contribution in [1.82, 2.24) is 5.32 Å². The van der Waals surface area contributed by atoms with Gasteiger partial charge in [0.2, 0.25) is 5.91 Å². The fraction of sp³-hybridized carbons (Fsp3) is 0.450. The number of carbonyl (C=O) groups is 1. The van der Waals surface area contributed by atoms with Gasteiger partial charge >= 0.3 is 0 Å². The molecule has 1 heterocycles. The Balaban J connectivity index is 1.89. The molecule has 2 aromatic rings. The summed E-state index contributed by atoms with van der Waals surface area (Å²) >= 11 is 0. The molecule has 2 unspecified atom stereocenters. The number of hydrogen-bond donors (Lipinski definition) is 3. The summed E-state index contributed by atoms with van der Waals surface area (Å²) in [4.78, 5) is 12.3. The van der Waals surface area contributed by atoms with E-state index in [1.54, 1.807) is 18.4 Å². The van der Waals surface area contributed by atoms with Crippen molar-refractivity contribution in [1.29, 1.82) is 0 Å². The molecule has 1 aromatic carbocycles. The molecule has 0 aliphatic heterocycles. The third-order valence-corrected chi connectivity index (χ3v) is 5.09. The topological polar surface area (TPSA) is 74.5 Å². The molecule has 3 N–H and O–H groups in total. The maximum atomic E-state index is 12.3. The maximum Gasteiger partial charge on any atom is 0.232 e. The van der Waals surface area contributed by atoms with Gasteiger partial charge in [-0.05, 0) is 48.4 Å². The number of amides is 1. The van der Waals surface area contributed by atoms with E-state index in [1.165, 1.54) is 0 Å². The third kappa shape index (κ3) is 3.22. The van der Waals surface area contributed by atoms with E-state index < -0.39 is 6.10 Å². The first-order valence-electron chi connectivity index (χ1n) is 8.73. The van der Waals surface area contributed by atoms with E-state index in [9.17, 15) is 9.90 Å². The molecular formula is C20H26N2O3. The highest BCUT2D eigenvalue weighted by atomic mass is 16.3. The Hall–Kier alpha value is -2.11. The highest BCUT2D eigenvalue weighted by Crippen LogP contribution is 2.46. The number of rotatable bonds is 5. The van der Waals surface area contributed by atoms with Gasteiger partial charge in [0, 0.05) is 11.1 Å². The molecule has 1 aliphatic rings. The number of anilines is 1. The second-order valence-corrected chi connectivity index (χ2v) is 7.26. The lowest BCUT2D eigenvalue weighted by molar-refractivity contribution is -0.115. The molecule has 25 heavy (non-hydrogen) atoms. The zero-order chi connectivity index (χ0) is 18.2. The SMILES string of the molecule is CCNC1c2cc(NC(=O)Cc3ccco3)c(C)cc2C(C)(C)C1O. The Morgan fingerprint density at radius 3 is 2.76 bits per heavy atom. The van der Waals surface area contributed by atoms with Gasteiger partial charge in [0.1, 0.15) is 5.76 Å². The second kappa shape index (κ2) is 6.65. The van der Waals surface area contributed by atoms with E-state index in [-0.39, 0.29) is 23.8 Å². The van der Waals surface area contributed by atoms with Gasteiger partial charge in [-0.25, -0.2) is 0 Å². The molecular weight excluding hydrogens is 316 g/mol. The summed E-state index contributed by atoms with van der Waals surface area (Å²) in [6.45, 7) is 8.89. The smallest absolute Gasteiger partial charge is 0.232 e. The normalized spacial score (nSPS) is 21.2. The average molecular weight is 342 g/mol. The van der Waals surface area contributed by atoms with Crippen LogP contribution in [0.25, 0.3) is 0 Å². The van der Waals surface area contributed by atoms with Crippen molar-refractivity contribution < 1.29 is 14.3 Å². The van der Waals surface area contributed by atoms with Gasteiger partial charge in [-0.2, -0.15) is 0 Å². The Labute approximate surface area is 148 Å². The van der Waals surface area contributed by atoms with Crippen LogP contribution >= 0.6 is 0 Å². The Morgan fingerprint density at radius 1 is 1.36 bits per heavy atom. The van der Waals surface area contributed by atoms with Crippen LogP contribution in [-0.4, -0.2) is 23.7 Å². The van der Waals surface area contributed by atoms with E-state index >= 15 is 0 Å². The van der Waals surface area contributed by atoms with Crippen molar-refractivity contribution >= 4 is 11.6 Å². The first-order chi connectivity index (χ1) is 11.8. The third-order valence-electron chi connectivity index (χ3n) is 5.09. The van der Waals surface area contributed by atoms with Crippen molar-refractivity contribution in [3.8, 4) is 0 Å². The zero-order valence-electron chi connectivity index (χ0n) is 15.2. The van der Waals surface area contributed by atoms with Gasteiger partial charge in [0.25, 0.3) is 0 Å². The summed E-state index contributed by atoms with van der Waals surface area (Å²) in [5, 5.41) is 17.1.